The molecule has 16 heteroatoms. The van der Waals surface area contributed by atoms with Gasteiger partial charge in [-0.2, -0.15) is 15.2 Å². The minimum atomic E-state index is -0.948. The third-order valence-electron chi connectivity index (χ3n) is 6.35. The molecule has 2 aromatic heterocycles. The minimum absolute atomic E-state index is 0. The summed E-state index contributed by atoms with van der Waals surface area (Å²) in [4.78, 5) is 30.3. The monoisotopic (exact) mass is 703 g/mol. The van der Waals surface area contributed by atoms with E-state index < -0.39 is 5.97 Å². The van der Waals surface area contributed by atoms with Crippen LogP contribution in [0.15, 0.2) is 56.2 Å². The van der Waals surface area contributed by atoms with Gasteiger partial charge in [-0.15, -0.1) is 0 Å². The summed E-state index contributed by atoms with van der Waals surface area (Å²) in [5.74, 6) is 0.542. The predicted octanol–water partition coefficient (Wildman–Crippen LogP) is 2.84. The van der Waals surface area contributed by atoms with Crippen LogP contribution in [0.3, 0.4) is 0 Å². The molecule has 0 aliphatic heterocycles. The Balaban J connectivity index is 0.000000820. The van der Waals surface area contributed by atoms with Crippen LogP contribution in [0, 0.1) is 25.2 Å². The van der Waals surface area contributed by atoms with E-state index >= 15 is 0 Å². The maximum atomic E-state index is 11.3. The molecule has 0 fully saturated rings. The summed E-state index contributed by atoms with van der Waals surface area (Å²) in [6.45, 7) is 14.0. The van der Waals surface area contributed by atoms with Gasteiger partial charge in [-0.05, 0) is 67.0 Å². The molecule has 0 radical (unpaired) electrons. The number of benzene rings is 2. The summed E-state index contributed by atoms with van der Waals surface area (Å²) in [5.41, 5.74) is 27.6. The zero-order chi connectivity index (χ0) is 34.7. The van der Waals surface area contributed by atoms with Crippen molar-refractivity contribution in [2.24, 2.45) is 0 Å². The van der Waals surface area contributed by atoms with Gasteiger partial charge in [0.05, 0.1) is 27.0 Å². The molecule has 11 N–H and O–H groups in total. The maximum Gasteiger partial charge on any atom is 1.00 e. The molecule has 0 aliphatic rings. The van der Waals surface area contributed by atoms with E-state index in [-0.39, 0.29) is 70.8 Å². The summed E-state index contributed by atoms with van der Waals surface area (Å²) in [7, 11) is 0. The van der Waals surface area contributed by atoms with Gasteiger partial charge >= 0.3 is 35.5 Å². The molecule has 0 saturated heterocycles. The molecule has 0 aliphatic carbocycles. The number of hydrogen-bond acceptors (Lipinski definition) is 14. The molecule has 4 aromatic rings. The fourth-order valence-corrected chi connectivity index (χ4v) is 6.21. The number of nitrogen functional groups attached to an aromatic ring is 4. The molecule has 48 heavy (non-hydrogen) atoms. The van der Waals surface area contributed by atoms with Crippen LogP contribution in [-0.2, 0) is 0 Å². The second-order valence-electron chi connectivity index (χ2n) is 10.6. The number of carboxylic acid groups (broad SMARTS) is 1. The summed E-state index contributed by atoms with van der Waals surface area (Å²) in [5, 5.41) is 26.1. The van der Waals surface area contributed by atoms with Gasteiger partial charge in [-0.3, -0.25) is 0 Å². The normalized spacial score (nSPS) is 10.0. The molecule has 252 valence electrons. The van der Waals surface area contributed by atoms with Gasteiger partial charge in [0, 0.05) is 28.8 Å². The van der Waals surface area contributed by atoms with Crippen LogP contribution in [0.2, 0.25) is 0 Å². The van der Waals surface area contributed by atoms with Gasteiger partial charge in [-0.1, -0.05) is 63.4 Å². The second-order valence-corrected chi connectivity index (χ2v) is 12.8. The van der Waals surface area contributed by atoms with Gasteiger partial charge in [0.25, 0.3) is 0 Å². The van der Waals surface area contributed by atoms with Crippen molar-refractivity contribution in [3.8, 4) is 6.07 Å². The number of aliphatic hydroxyl groups is 1. The first-order valence-electron chi connectivity index (χ1n) is 14.3. The Hall–Kier alpha value is -3.62. The molecule has 2 aromatic carbocycles. The van der Waals surface area contributed by atoms with Crippen molar-refractivity contribution in [1.29, 1.82) is 5.26 Å². The van der Waals surface area contributed by atoms with E-state index in [9.17, 15) is 15.2 Å². The largest absolute Gasteiger partial charge is 1.00 e. The van der Waals surface area contributed by atoms with Crippen molar-refractivity contribution < 1.29 is 50.0 Å². The number of rotatable bonds is 7. The van der Waals surface area contributed by atoms with E-state index in [4.69, 9.17) is 28.0 Å². The van der Waals surface area contributed by atoms with Gasteiger partial charge in [-0.25, -0.2) is 14.8 Å². The first-order valence-corrected chi connectivity index (χ1v) is 15.9. The number of aromatic carboxylic acids is 1. The smallest absolute Gasteiger partial charge is 0.870 e. The average molecular weight is 704 g/mol. The number of anilines is 4. The molecule has 4 rings (SSSR count). The van der Waals surface area contributed by atoms with Crippen molar-refractivity contribution in [2.75, 3.05) is 29.5 Å². The molecule has 0 bridgehead atoms. The standard InChI is InChI=1S/C15H17N5S.C15H18N4O2S.C2H6O.Na.H2O/c1-8(2)11-4-9(3)10(6-16)5-12(11)21-13-7-19-15(18)20-14(13)17;1-7(2)9-4-8(3)10(14(20)21)5-11(9)22-12-6-18-15(17)19-13(12)16;1-2-3;;/h4-5,7-8H,1-3H3,(H4,17,18,19,20);4-7H,1-3H3,(H,20,21)(H4,16,17,18,19);3H,2H2,1H3;;1H2/q;;;+1;/p-1. The van der Waals surface area contributed by atoms with Crippen molar-refractivity contribution in [3.05, 3.63) is 70.0 Å². The molecule has 2 heterocycles. The zero-order valence-electron chi connectivity index (χ0n) is 28.4. The van der Waals surface area contributed by atoms with Gasteiger partial charge in [0.1, 0.15) is 11.6 Å². The van der Waals surface area contributed by atoms with Crippen LogP contribution in [0.5, 0.6) is 0 Å². The summed E-state index contributed by atoms with van der Waals surface area (Å²) < 4.78 is 0. The van der Waals surface area contributed by atoms with Crippen LogP contribution in [0.25, 0.3) is 0 Å². The van der Waals surface area contributed by atoms with Crippen molar-refractivity contribution in [2.45, 2.75) is 79.9 Å². The number of nitrogens with zero attached hydrogens (tertiary/aromatic N) is 5. The van der Waals surface area contributed by atoms with Crippen LogP contribution < -0.4 is 52.5 Å². The van der Waals surface area contributed by atoms with Crippen molar-refractivity contribution in [3.63, 3.8) is 0 Å². The Morgan fingerprint density at radius 2 is 1.21 bits per heavy atom. The van der Waals surface area contributed by atoms with Crippen LogP contribution in [0.1, 0.15) is 84.6 Å². The number of aliphatic hydroxyl groups excluding tert-OH is 1. The Labute approximate surface area is 312 Å². The van der Waals surface area contributed by atoms with Crippen LogP contribution in [0.4, 0.5) is 23.5 Å². The molecule has 0 atom stereocenters. The second kappa shape index (κ2) is 20.7. The topological polar surface area (TPSA) is 267 Å². The van der Waals surface area contributed by atoms with E-state index in [1.807, 2.05) is 19.1 Å². The Morgan fingerprint density at radius 3 is 1.56 bits per heavy atom. The summed E-state index contributed by atoms with van der Waals surface area (Å²) >= 11 is 2.81. The Morgan fingerprint density at radius 1 is 0.812 bits per heavy atom. The van der Waals surface area contributed by atoms with Crippen molar-refractivity contribution in [1.82, 2.24) is 19.9 Å². The minimum Gasteiger partial charge on any atom is -0.870 e. The Kier molecular flexibility index (Phi) is 19.1. The SMILES string of the molecule is CCO.Cc1cc(C(C)C)c(Sc2cnc(N)nc2N)cc1C#N.Cc1cc(C(C)C)c(Sc2cnc(N)nc2N)cc1C(=O)O.[Na+].[OH-]. The molecular weight excluding hydrogens is 662 g/mol. The Bertz CT molecular complexity index is 1740. The molecule has 0 amide bonds. The van der Waals surface area contributed by atoms with E-state index in [1.54, 1.807) is 32.3 Å². The van der Waals surface area contributed by atoms with Gasteiger partial charge < -0.3 is 38.6 Å². The van der Waals surface area contributed by atoms with E-state index in [2.05, 4.69) is 59.8 Å². The fraction of sp³-hybridized carbons (Fsp3) is 0.312. The quantitative estimate of drug-likeness (QED) is 0.151. The number of nitriles is 1. The van der Waals surface area contributed by atoms with Gasteiger partial charge in [0.2, 0.25) is 11.9 Å². The predicted molar refractivity (Wildman–Crippen MR) is 187 cm³/mol. The number of nitrogens with two attached hydrogens (primary N) is 4. The number of carboxylic acids is 1. The third kappa shape index (κ3) is 12.4. The van der Waals surface area contributed by atoms with Crippen molar-refractivity contribution >= 4 is 53.0 Å². The number of carbonyl (C=O) groups is 1. The zero-order valence-corrected chi connectivity index (χ0v) is 32.1. The molecule has 0 spiro atoms. The fourth-order valence-electron chi connectivity index (χ4n) is 4.04. The van der Waals surface area contributed by atoms with Crippen LogP contribution in [-0.4, -0.2) is 48.2 Å². The number of aryl methyl sites for hydroxylation is 2. The molecule has 0 unspecified atom stereocenters. The third-order valence-corrected chi connectivity index (χ3v) is 8.57. The first kappa shape index (κ1) is 44.4. The average Bonchev–Trinajstić information content (AvgIpc) is 2.97. The van der Waals surface area contributed by atoms with E-state index in [1.165, 1.54) is 29.1 Å². The van der Waals surface area contributed by atoms with E-state index in [0.717, 1.165) is 31.4 Å². The molecule has 13 nitrogen and oxygen atoms in total. The number of hydrogen-bond donors (Lipinski definition) is 6. The summed E-state index contributed by atoms with van der Waals surface area (Å²) in [6.07, 6.45) is 3.16. The van der Waals surface area contributed by atoms with Crippen LogP contribution >= 0.6 is 23.5 Å². The maximum absolute atomic E-state index is 11.3. The first-order chi connectivity index (χ1) is 21.6. The molecular formula is C32H42N9NaO4S2. The summed E-state index contributed by atoms with van der Waals surface area (Å²) in [6, 6.07) is 9.75. The van der Waals surface area contributed by atoms with E-state index in [0.29, 0.717) is 22.2 Å². The van der Waals surface area contributed by atoms with Gasteiger partial charge in [0.15, 0.2) is 0 Å². The molecule has 0 saturated carbocycles. The number of aromatic nitrogens is 4.